The molecule has 0 amide bonds. The number of aromatic amines is 1. The zero-order valence-corrected chi connectivity index (χ0v) is 9.55. The molecule has 0 spiro atoms. The first-order valence-corrected chi connectivity index (χ1v) is 5.27. The number of halogens is 1. The molecule has 0 saturated heterocycles. The summed E-state index contributed by atoms with van der Waals surface area (Å²) in [6.07, 6.45) is 3.27. The van der Waals surface area contributed by atoms with Crippen LogP contribution in [0.3, 0.4) is 0 Å². The molecule has 1 aromatic carbocycles. The van der Waals surface area contributed by atoms with Crippen molar-refractivity contribution in [3.63, 3.8) is 0 Å². The predicted octanol–water partition coefficient (Wildman–Crippen LogP) is 2.63. The molecule has 0 bridgehead atoms. The average Bonchev–Trinajstić information content (AvgIpc) is 2.81. The number of nitrogens with zero attached hydrogens (tertiary/aromatic N) is 2. The lowest BCUT2D eigenvalue weighted by Crippen LogP contribution is -2.08. The van der Waals surface area contributed by atoms with Crippen LogP contribution in [-0.2, 0) is 0 Å². The highest BCUT2D eigenvalue weighted by molar-refractivity contribution is 5.62. The Kier molecular flexibility index (Phi) is 3.22. The van der Waals surface area contributed by atoms with E-state index in [1.165, 1.54) is 0 Å². The van der Waals surface area contributed by atoms with E-state index in [4.69, 9.17) is 0 Å². The van der Waals surface area contributed by atoms with E-state index in [0.29, 0.717) is 0 Å². The first kappa shape index (κ1) is 12.0. The van der Waals surface area contributed by atoms with Crippen LogP contribution in [0.5, 0.6) is 0 Å². The van der Waals surface area contributed by atoms with Crippen molar-refractivity contribution in [2.45, 2.75) is 13.0 Å². The lowest BCUT2D eigenvalue weighted by atomic mass is 10.1. The van der Waals surface area contributed by atoms with Gasteiger partial charge < -0.3 is 5.32 Å². The van der Waals surface area contributed by atoms with Crippen molar-refractivity contribution in [3.8, 4) is 0 Å². The Labute approximate surface area is 102 Å². The molecule has 1 atom stereocenters. The fourth-order valence-electron chi connectivity index (χ4n) is 1.60. The van der Waals surface area contributed by atoms with Crippen molar-refractivity contribution in [1.29, 1.82) is 0 Å². The molecule has 1 heterocycles. The van der Waals surface area contributed by atoms with Gasteiger partial charge in [-0.1, -0.05) is 0 Å². The number of anilines is 1. The molecular formula is C11H11FN4O2. The number of rotatable bonds is 4. The van der Waals surface area contributed by atoms with Crippen molar-refractivity contribution in [1.82, 2.24) is 10.2 Å². The molecule has 1 aromatic heterocycles. The minimum absolute atomic E-state index is 0.147. The number of nitro benzene ring substituents is 1. The van der Waals surface area contributed by atoms with Gasteiger partial charge in [0.1, 0.15) is 11.5 Å². The average molecular weight is 250 g/mol. The normalized spacial score (nSPS) is 12.1. The second kappa shape index (κ2) is 4.82. The van der Waals surface area contributed by atoms with Crippen LogP contribution in [0.1, 0.15) is 18.5 Å². The van der Waals surface area contributed by atoms with E-state index in [9.17, 15) is 14.5 Å². The molecule has 1 unspecified atom stereocenters. The Hall–Kier alpha value is -2.44. The van der Waals surface area contributed by atoms with Gasteiger partial charge in [-0.3, -0.25) is 15.2 Å². The summed E-state index contributed by atoms with van der Waals surface area (Å²) in [5, 5.41) is 20.2. The summed E-state index contributed by atoms with van der Waals surface area (Å²) in [6.45, 7) is 1.81. The van der Waals surface area contributed by atoms with Crippen LogP contribution in [-0.4, -0.2) is 15.1 Å². The summed E-state index contributed by atoms with van der Waals surface area (Å²) in [6, 6.07) is 3.09. The second-order valence-electron chi connectivity index (χ2n) is 3.82. The first-order valence-electron chi connectivity index (χ1n) is 5.27. The van der Waals surface area contributed by atoms with E-state index in [1.54, 1.807) is 19.3 Å². The maximum absolute atomic E-state index is 13.1. The third kappa shape index (κ3) is 2.45. The van der Waals surface area contributed by atoms with Crippen LogP contribution >= 0.6 is 0 Å². The monoisotopic (exact) mass is 250 g/mol. The number of H-pyrrole nitrogens is 1. The van der Waals surface area contributed by atoms with Gasteiger partial charge in [0.2, 0.25) is 0 Å². The SMILES string of the molecule is CC(Nc1cc(F)ccc1[N+](=O)[O-])c1cn[nH]c1. The van der Waals surface area contributed by atoms with E-state index in [2.05, 4.69) is 15.5 Å². The molecule has 0 aliphatic rings. The molecule has 18 heavy (non-hydrogen) atoms. The van der Waals surface area contributed by atoms with Crippen molar-refractivity contribution in [3.05, 3.63) is 52.1 Å². The fourth-order valence-corrected chi connectivity index (χ4v) is 1.60. The highest BCUT2D eigenvalue weighted by Crippen LogP contribution is 2.28. The number of hydrogen-bond acceptors (Lipinski definition) is 4. The van der Waals surface area contributed by atoms with Gasteiger partial charge >= 0.3 is 0 Å². The van der Waals surface area contributed by atoms with E-state index in [-0.39, 0.29) is 17.4 Å². The Balaban J connectivity index is 2.28. The summed E-state index contributed by atoms with van der Waals surface area (Å²) in [7, 11) is 0. The molecule has 0 aliphatic carbocycles. The van der Waals surface area contributed by atoms with Gasteiger partial charge in [0.25, 0.3) is 5.69 Å². The van der Waals surface area contributed by atoms with Gasteiger partial charge in [0.15, 0.2) is 0 Å². The van der Waals surface area contributed by atoms with Crippen molar-refractivity contribution < 1.29 is 9.31 Å². The molecule has 94 valence electrons. The summed E-state index contributed by atoms with van der Waals surface area (Å²) in [4.78, 5) is 10.3. The van der Waals surface area contributed by atoms with Crippen LogP contribution in [0.4, 0.5) is 15.8 Å². The quantitative estimate of drug-likeness (QED) is 0.645. The standard InChI is InChI=1S/C11H11FN4O2/c1-7(8-5-13-14-6-8)15-10-4-9(12)2-3-11(10)16(17)18/h2-7,15H,1H3,(H,13,14). The zero-order chi connectivity index (χ0) is 13.1. The molecule has 6 nitrogen and oxygen atoms in total. The molecule has 2 aromatic rings. The summed E-state index contributed by atoms with van der Waals surface area (Å²) in [5.41, 5.74) is 0.814. The minimum atomic E-state index is -0.552. The summed E-state index contributed by atoms with van der Waals surface area (Å²) < 4.78 is 13.1. The minimum Gasteiger partial charge on any atom is -0.373 e. The molecule has 2 N–H and O–H groups in total. The topological polar surface area (TPSA) is 83.8 Å². The van der Waals surface area contributed by atoms with Crippen molar-refractivity contribution in [2.75, 3.05) is 5.32 Å². The van der Waals surface area contributed by atoms with Gasteiger partial charge in [-0.2, -0.15) is 5.10 Å². The number of hydrogen-bond donors (Lipinski definition) is 2. The number of nitrogens with one attached hydrogen (secondary N) is 2. The Bertz CT molecular complexity index is 556. The molecule has 0 radical (unpaired) electrons. The lowest BCUT2D eigenvalue weighted by Gasteiger charge is -2.13. The van der Waals surface area contributed by atoms with Gasteiger partial charge in [0.05, 0.1) is 17.2 Å². The molecule has 2 rings (SSSR count). The highest BCUT2D eigenvalue weighted by atomic mass is 19.1. The van der Waals surface area contributed by atoms with Crippen LogP contribution in [0, 0.1) is 15.9 Å². The smallest absolute Gasteiger partial charge is 0.292 e. The maximum Gasteiger partial charge on any atom is 0.292 e. The second-order valence-corrected chi connectivity index (χ2v) is 3.82. The number of benzene rings is 1. The summed E-state index contributed by atoms with van der Waals surface area (Å²) >= 11 is 0. The lowest BCUT2D eigenvalue weighted by molar-refractivity contribution is -0.384. The molecule has 0 saturated carbocycles. The molecule has 0 aliphatic heterocycles. The Morgan fingerprint density at radius 1 is 1.56 bits per heavy atom. The maximum atomic E-state index is 13.1. The van der Waals surface area contributed by atoms with E-state index >= 15 is 0 Å². The van der Waals surface area contributed by atoms with E-state index < -0.39 is 10.7 Å². The summed E-state index contributed by atoms with van der Waals surface area (Å²) in [5.74, 6) is -0.525. The Morgan fingerprint density at radius 3 is 2.94 bits per heavy atom. The Morgan fingerprint density at radius 2 is 2.33 bits per heavy atom. The van der Waals surface area contributed by atoms with E-state index in [1.807, 2.05) is 0 Å². The number of nitro groups is 1. The highest BCUT2D eigenvalue weighted by Gasteiger charge is 2.17. The van der Waals surface area contributed by atoms with Crippen LogP contribution in [0.2, 0.25) is 0 Å². The predicted molar refractivity (Wildman–Crippen MR) is 63.7 cm³/mol. The largest absolute Gasteiger partial charge is 0.373 e. The first-order chi connectivity index (χ1) is 8.58. The van der Waals surface area contributed by atoms with Gasteiger partial charge in [0, 0.05) is 23.9 Å². The number of aromatic nitrogens is 2. The van der Waals surface area contributed by atoms with Gasteiger partial charge in [-0.25, -0.2) is 4.39 Å². The fraction of sp³-hybridized carbons (Fsp3) is 0.182. The van der Waals surface area contributed by atoms with E-state index in [0.717, 1.165) is 23.8 Å². The molecular weight excluding hydrogens is 239 g/mol. The molecule has 7 heteroatoms. The van der Waals surface area contributed by atoms with Crippen LogP contribution < -0.4 is 5.32 Å². The van der Waals surface area contributed by atoms with Crippen LogP contribution in [0.15, 0.2) is 30.6 Å². The zero-order valence-electron chi connectivity index (χ0n) is 9.55. The van der Waals surface area contributed by atoms with Crippen molar-refractivity contribution in [2.24, 2.45) is 0 Å². The van der Waals surface area contributed by atoms with Crippen LogP contribution in [0.25, 0.3) is 0 Å². The van der Waals surface area contributed by atoms with Gasteiger partial charge in [-0.05, 0) is 13.0 Å². The van der Waals surface area contributed by atoms with Gasteiger partial charge in [-0.15, -0.1) is 0 Å². The third-order valence-corrected chi connectivity index (χ3v) is 2.55. The van der Waals surface area contributed by atoms with Crippen molar-refractivity contribution >= 4 is 11.4 Å². The third-order valence-electron chi connectivity index (χ3n) is 2.55. The molecule has 0 fully saturated rings.